The Hall–Kier alpha value is -1.04. The van der Waals surface area contributed by atoms with Gasteiger partial charge in [-0.3, -0.25) is 0 Å². The van der Waals surface area contributed by atoms with E-state index in [0.29, 0.717) is 19.8 Å². The molecule has 0 aliphatic rings. The summed E-state index contributed by atoms with van der Waals surface area (Å²) in [6.45, 7) is 5.62. The molecule has 0 saturated heterocycles. The second kappa shape index (κ2) is 8.19. The number of nitrogens with one attached hydrogen (secondary N) is 1. The Labute approximate surface area is 112 Å². The summed E-state index contributed by atoms with van der Waals surface area (Å²) in [4.78, 5) is 0. The molecular formula is C14H21F2NO2. The Morgan fingerprint density at radius 2 is 2.11 bits per heavy atom. The number of benzene rings is 1. The molecule has 0 fully saturated rings. The van der Waals surface area contributed by atoms with Crippen LogP contribution in [0, 0.1) is 11.6 Å². The molecular weight excluding hydrogens is 252 g/mol. The molecule has 5 heteroatoms. The molecule has 0 aliphatic heterocycles. The summed E-state index contributed by atoms with van der Waals surface area (Å²) in [5.74, 6) is -1.16. The maximum Gasteiger partial charge on any atom is 0.129 e. The molecule has 0 aromatic heterocycles. The topological polar surface area (TPSA) is 41.5 Å². The van der Waals surface area contributed by atoms with Gasteiger partial charge in [-0.2, -0.15) is 0 Å². The van der Waals surface area contributed by atoms with Crippen molar-refractivity contribution >= 4 is 0 Å². The van der Waals surface area contributed by atoms with Gasteiger partial charge in [0, 0.05) is 24.8 Å². The number of hydrogen-bond acceptors (Lipinski definition) is 3. The van der Waals surface area contributed by atoms with Crippen molar-refractivity contribution in [2.45, 2.75) is 32.4 Å². The summed E-state index contributed by atoms with van der Waals surface area (Å²) >= 11 is 0. The van der Waals surface area contributed by atoms with Crippen LogP contribution >= 0.6 is 0 Å². The van der Waals surface area contributed by atoms with Gasteiger partial charge in [0.2, 0.25) is 0 Å². The summed E-state index contributed by atoms with van der Waals surface area (Å²) in [7, 11) is 0. The summed E-state index contributed by atoms with van der Waals surface area (Å²) in [5, 5.41) is 13.1. The van der Waals surface area contributed by atoms with Crippen LogP contribution in [0.3, 0.4) is 0 Å². The van der Waals surface area contributed by atoms with Gasteiger partial charge in [0.15, 0.2) is 0 Å². The third-order valence-corrected chi connectivity index (χ3v) is 2.89. The van der Waals surface area contributed by atoms with Crippen molar-refractivity contribution in [3.05, 3.63) is 35.4 Å². The quantitative estimate of drug-likeness (QED) is 0.715. The molecule has 0 spiro atoms. The van der Waals surface area contributed by atoms with Gasteiger partial charge in [-0.1, -0.05) is 0 Å². The van der Waals surface area contributed by atoms with E-state index in [9.17, 15) is 13.9 Å². The number of hydrogen-bond donors (Lipinski definition) is 2. The first kappa shape index (κ1) is 16.0. The fourth-order valence-corrected chi connectivity index (χ4v) is 1.77. The Morgan fingerprint density at radius 1 is 1.37 bits per heavy atom. The largest absolute Gasteiger partial charge is 0.387 e. The Kier molecular flexibility index (Phi) is 6.91. The number of aliphatic hydroxyl groups excluding tert-OH is 1. The van der Waals surface area contributed by atoms with Crippen LogP contribution in [0.1, 0.15) is 31.9 Å². The number of ether oxygens (including phenoxy) is 1. The van der Waals surface area contributed by atoms with Gasteiger partial charge < -0.3 is 15.2 Å². The molecule has 0 saturated carbocycles. The molecule has 19 heavy (non-hydrogen) atoms. The molecule has 108 valence electrons. The van der Waals surface area contributed by atoms with Crippen molar-refractivity contribution in [2.24, 2.45) is 0 Å². The Bertz CT molecular complexity index is 388. The average Bonchev–Trinajstić information content (AvgIpc) is 2.40. The van der Waals surface area contributed by atoms with Gasteiger partial charge in [0.1, 0.15) is 11.6 Å². The van der Waals surface area contributed by atoms with E-state index < -0.39 is 17.7 Å². The van der Waals surface area contributed by atoms with Crippen molar-refractivity contribution in [3.8, 4) is 0 Å². The minimum absolute atomic E-state index is 0.0233. The summed E-state index contributed by atoms with van der Waals surface area (Å²) in [5.41, 5.74) is -0.0233. The summed E-state index contributed by atoms with van der Waals surface area (Å²) in [6, 6.07) is 2.72. The van der Waals surface area contributed by atoms with Crippen LogP contribution in [0.15, 0.2) is 18.2 Å². The summed E-state index contributed by atoms with van der Waals surface area (Å²) < 4.78 is 31.7. The van der Waals surface area contributed by atoms with Crippen LogP contribution in [0.5, 0.6) is 0 Å². The highest BCUT2D eigenvalue weighted by atomic mass is 19.1. The van der Waals surface area contributed by atoms with Crippen LogP contribution in [-0.4, -0.2) is 30.9 Å². The third-order valence-electron chi connectivity index (χ3n) is 2.89. The van der Waals surface area contributed by atoms with Gasteiger partial charge in [-0.15, -0.1) is 0 Å². The van der Waals surface area contributed by atoms with Crippen molar-refractivity contribution in [1.82, 2.24) is 5.32 Å². The van der Waals surface area contributed by atoms with E-state index in [4.69, 9.17) is 4.74 Å². The Balaban J connectivity index is 2.47. The molecule has 0 heterocycles. The van der Waals surface area contributed by atoms with Gasteiger partial charge >= 0.3 is 0 Å². The molecule has 1 rings (SSSR count). The van der Waals surface area contributed by atoms with E-state index in [1.165, 1.54) is 0 Å². The van der Waals surface area contributed by atoms with Gasteiger partial charge in [-0.05, 0) is 45.0 Å². The molecule has 0 bridgehead atoms. The highest BCUT2D eigenvalue weighted by Gasteiger charge is 2.19. The van der Waals surface area contributed by atoms with Gasteiger partial charge in [-0.25, -0.2) is 8.78 Å². The molecule has 3 nitrogen and oxygen atoms in total. The number of aliphatic hydroxyl groups is 1. The first-order valence-electron chi connectivity index (χ1n) is 6.50. The predicted octanol–water partition coefficient (Wildman–Crippen LogP) is 2.40. The third kappa shape index (κ3) is 5.22. The molecule has 2 atom stereocenters. The second-order valence-corrected chi connectivity index (χ2v) is 4.40. The van der Waals surface area contributed by atoms with Crippen molar-refractivity contribution in [2.75, 3.05) is 19.8 Å². The van der Waals surface area contributed by atoms with Gasteiger partial charge in [0.25, 0.3) is 0 Å². The van der Waals surface area contributed by atoms with Crippen LogP contribution in [0.4, 0.5) is 8.78 Å². The van der Waals surface area contributed by atoms with E-state index >= 15 is 0 Å². The molecule has 0 radical (unpaired) electrons. The molecule has 1 aromatic carbocycles. The van der Waals surface area contributed by atoms with Crippen LogP contribution in [0.2, 0.25) is 0 Å². The van der Waals surface area contributed by atoms with E-state index in [1.54, 1.807) is 6.92 Å². The van der Waals surface area contributed by atoms with E-state index in [2.05, 4.69) is 5.32 Å². The lowest BCUT2D eigenvalue weighted by atomic mass is 10.0. The zero-order valence-corrected chi connectivity index (χ0v) is 11.3. The molecule has 1 aromatic rings. The SMILES string of the molecule is CCOCCCNC(C)C(O)c1cc(F)ccc1F. The average molecular weight is 273 g/mol. The first-order valence-corrected chi connectivity index (χ1v) is 6.50. The zero-order chi connectivity index (χ0) is 14.3. The highest BCUT2D eigenvalue weighted by molar-refractivity contribution is 5.22. The van der Waals surface area contributed by atoms with Crippen LogP contribution < -0.4 is 5.32 Å². The minimum atomic E-state index is -1.08. The smallest absolute Gasteiger partial charge is 0.129 e. The molecule has 2 unspecified atom stereocenters. The number of halogens is 2. The number of rotatable bonds is 8. The monoisotopic (exact) mass is 273 g/mol. The fraction of sp³-hybridized carbons (Fsp3) is 0.571. The molecule has 2 N–H and O–H groups in total. The van der Waals surface area contributed by atoms with E-state index in [1.807, 2.05) is 6.92 Å². The fourth-order valence-electron chi connectivity index (χ4n) is 1.77. The molecule has 0 aliphatic carbocycles. The Morgan fingerprint density at radius 3 is 2.79 bits per heavy atom. The summed E-state index contributed by atoms with van der Waals surface area (Å²) in [6.07, 6.45) is -0.279. The lowest BCUT2D eigenvalue weighted by Gasteiger charge is -2.21. The minimum Gasteiger partial charge on any atom is -0.387 e. The van der Waals surface area contributed by atoms with Gasteiger partial charge in [0.05, 0.1) is 6.10 Å². The lowest BCUT2D eigenvalue weighted by molar-refractivity contribution is 0.122. The predicted molar refractivity (Wildman–Crippen MR) is 69.9 cm³/mol. The maximum atomic E-state index is 13.5. The maximum absolute atomic E-state index is 13.5. The normalized spacial score (nSPS) is 14.4. The lowest BCUT2D eigenvalue weighted by Crippen LogP contribution is -2.33. The van der Waals surface area contributed by atoms with Crippen molar-refractivity contribution < 1.29 is 18.6 Å². The zero-order valence-electron chi connectivity index (χ0n) is 11.3. The van der Waals surface area contributed by atoms with Crippen LogP contribution in [0.25, 0.3) is 0 Å². The van der Waals surface area contributed by atoms with Crippen molar-refractivity contribution in [1.29, 1.82) is 0 Å². The second-order valence-electron chi connectivity index (χ2n) is 4.40. The van der Waals surface area contributed by atoms with E-state index in [-0.39, 0.29) is 11.6 Å². The van der Waals surface area contributed by atoms with E-state index in [0.717, 1.165) is 24.6 Å². The highest BCUT2D eigenvalue weighted by Crippen LogP contribution is 2.21. The standard InChI is InChI=1S/C14H21F2NO2/c1-3-19-8-4-7-17-10(2)14(18)12-9-11(15)5-6-13(12)16/h5-6,9-10,14,17-18H,3-4,7-8H2,1-2H3. The van der Waals surface area contributed by atoms with Crippen LogP contribution in [-0.2, 0) is 4.74 Å². The molecule has 0 amide bonds. The first-order chi connectivity index (χ1) is 9.06. The van der Waals surface area contributed by atoms with Crippen molar-refractivity contribution in [3.63, 3.8) is 0 Å².